The first-order chi connectivity index (χ1) is 9.58. The summed E-state index contributed by atoms with van der Waals surface area (Å²) in [4.78, 5) is 15.5. The monoisotopic (exact) mass is 313 g/mol. The van der Waals surface area contributed by atoms with Crippen molar-refractivity contribution in [3.05, 3.63) is 40.8 Å². The molecule has 7 heteroatoms. The number of carbonyl (C=O) groups excluding carboxylic acids is 1. The van der Waals surface area contributed by atoms with E-state index in [-0.39, 0.29) is 12.5 Å². The Bertz CT molecular complexity index is 613. The van der Waals surface area contributed by atoms with Gasteiger partial charge in [-0.1, -0.05) is 23.2 Å². The van der Waals surface area contributed by atoms with Crippen molar-refractivity contribution in [1.82, 2.24) is 9.55 Å². The van der Waals surface area contributed by atoms with E-state index in [1.54, 1.807) is 42.2 Å². The molecule has 0 aliphatic carbocycles. The zero-order chi connectivity index (χ0) is 14.5. The van der Waals surface area contributed by atoms with Crippen LogP contribution in [0.3, 0.4) is 0 Å². The molecule has 0 saturated carbocycles. The highest BCUT2D eigenvalue weighted by Crippen LogP contribution is 2.27. The van der Waals surface area contributed by atoms with Crippen LogP contribution >= 0.6 is 23.2 Å². The van der Waals surface area contributed by atoms with Crippen LogP contribution in [0.4, 0.5) is 11.5 Å². The van der Waals surface area contributed by atoms with E-state index in [0.717, 1.165) is 0 Å². The molecule has 0 amide bonds. The molecule has 0 fully saturated rings. The summed E-state index contributed by atoms with van der Waals surface area (Å²) in [6, 6.07) is 5.13. The van der Waals surface area contributed by atoms with Gasteiger partial charge in [0.2, 0.25) is 0 Å². The molecule has 0 unspecified atom stereocenters. The summed E-state index contributed by atoms with van der Waals surface area (Å²) in [6.45, 7) is 2.25. The van der Waals surface area contributed by atoms with Gasteiger partial charge in [0.25, 0.3) is 0 Å². The van der Waals surface area contributed by atoms with E-state index in [0.29, 0.717) is 28.2 Å². The zero-order valence-electron chi connectivity index (χ0n) is 10.8. The third-order valence-corrected chi connectivity index (χ3v) is 2.99. The number of hydrogen-bond acceptors (Lipinski definition) is 4. The van der Waals surface area contributed by atoms with Crippen LogP contribution in [0.2, 0.25) is 10.0 Å². The fourth-order valence-electron chi connectivity index (χ4n) is 1.60. The van der Waals surface area contributed by atoms with Crippen molar-refractivity contribution in [2.24, 2.45) is 0 Å². The lowest BCUT2D eigenvalue weighted by Gasteiger charge is -2.05. The summed E-state index contributed by atoms with van der Waals surface area (Å²) in [5.74, 6) is 0.277. The van der Waals surface area contributed by atoms with Crippen LogP contribution in [0.15, 0.2) is 30.7 Å². The van der Waals surface area contributed by atoms with Crippen LogP contribution in [0.25, 0.3) is 0 Å². The van der Waals surface area contributed by atoms with Crippen molar-refractivity contribution in [1.29, 1.82) is 0 Å². The molecule has 0 aliphatic rings. The number of anilines is 2. The Morgan fingerprint density at radius 1 is 1.45 bits per heavy atom. The highest BCUT2D eigenvalue weighted by molar-refractivity contribution is 6.36. The van der Waals surface area contributed by atoms with E-state index in [1.165, 1.54) is 0 Å². The average Bonchev–Trinajstić information content (AvgIpc) is 2.80. The quantitative estimate of drug-likeness (QED) is 0.858. The SMILES string of the molecule is CCOC(=O)Cn1cnc(Nc2ccc(Cl)cc2Cl)c1. The minimum absolute atomic E-state index is 0.122. The van der Waals surface area contributed by atoms with Crippen molar-refractivity contribution >= 4 is 40.7 Å². The number of nitrogens with one attached hydrogen (secondary N) is 1. The topological polar surface area (TPSA) is 56.2 Å². The second kappa shape index (κ2) is 6.63. The highest BCUT2D eigenvalue weighted by atomic mass is 35.5. The van der Waals surface area contributed by atoms with Crippen LogP contribution in [-0.2, 0) is 16.1 Å². The number of halogens is 2. The number of hydrogen-bond donors (Lipinski definition) is 1. The lowest BCUT2D eigenvalue weighted by atomic mass is 10.3. The van der Waals surface area contributed by atoms with Crippen molar-refractivity contribution < 1.29 is 9.53 Å². The number of carbonyl (C=O) groups is 1. The minimum Gasteiger partial charge on any atom is -0.465 e. The molecule has 0 saturated heterocycles. The summed E-state index contributed by atoms with van der Waals surface area (Å²) in [6.07, 6.45) is 3.24. The van der Waals surface area contributed by atoms with Crippen LogP contribution in [0, 0.1) is 0 Å². The number of rotatable bonds is 5. The zero-order valence-corrected chi connectivity index (χ0v) is 12.3. The lowest BCUT2D eigenvalue weighted by molar-refractivity contribution is -0.143. The van der Waals surface area contributed by atoms with Gasteiger partial charge in [0.05, 0.1) is 23.6 Å². The van der Waals surface area contributed by atoms with E-state index < -0.39 is 0 Å². The smallest absolute Gasteiger partial charge is 0.325 e. The summed E-state index contributed by atoms with van der Waals surface area (Å²) in [7, 11) is 0. The molecule has 2 aromatic rings. The molecular formula is C13H13Cl2N3O2. The molecule has 1 aromatic heterocycles. The van der Waals surface area contributed by atoms with Crippen molar-refractivity contribution in [3.63, 3.8) is 0 Å². The summed E-state index contributed by atoms with van der Waals surface area (Å²) in [5, 5.41) is 4.11. The molecule has 0 bridgehead atoms. The van der Waals surface area contributed by atoms with Gasteiger partial charge in [0.15, 0.2) is 0 Å². The second-order valence-corrected chi connectivity index (χ2v) is 4.83. The number of esters is 1. The number of imidazole rings is 1. The fourth-order valence-corrected chi connectivity index (χ4v) is 2.05. The van der Waals surface area contributed by atoms with Crippen LogP contribution in [-0.4, -0.2) is 22.1 Å². The van der Waals surface area contributed by atoms with Gasteiger partial charge in [-0.15, -0.1) is 0 Å². The molecule has 20 heavy (non-hydrogen) atoms. The van der Waals surface area contributed by atoms with Gasteiger partial charge in [0, 0.05) is 11.2 Å². The van der Waals surface area contributed by atoms with E-state index >= 15 is 0 Å². The molecule has 0 aliphatic heterocycles. The van der Waals surface area contributed by atoms with Crippen molar-refractivity contribution in [2.75, 3.05) is 11.9 Å². The maximum absolute atomic E-state index is 11.3. The van der Waals surface area contributed by atoms with Gasteiger partial charge >= 0.3 is 5.97 Å². The highest BCUT2D eigenvalue weighted by Gasteiger charge is 2.07. The Labute approximate surface area is 126 Å². The van der Waals surface area contributed by atoms with E-state index in [4.69, 9.17) is 27.9 Å². The molecule has 0 radical (unpaired) electrons. The van der Waals surface area contributed by atoms with Gasteiger partial charge in [0.1, 0.15) is 12.4 Å². The molecule has 0 spiro atoms. The number of nitrogens with zero attached hydrogens (tertiary/aromatic N) is 2. The Morgan fingerprint density at radius 2 is 2.25 bits per heavy atom. The molecule has 5 nitrogen and oxygen atoms in total. The summed E-state index contributed by atoms with van der Waals surface area (Å²) in [5.41, 5.74) is 0.692. The number of ether oxygens (including phenoxy) is 1. The normalized spacial score (nSPS) is 10.3. The predicted molar refractivity (Wildman–Crippen MR) is 78.6 cm³/mol. The standard InChI is InChI=1S/C13H13Cl2N3O2/c1-2-20-13(19)7-18-6-12(16-8-18)17-11-4-3-9(14)5-10(11)15/h3-6,8,17H,2,7H2,1H3. The van der Waals surface area contributed by atoms with Gasteiger partial charge < -0.3 is 14.6 Å². The van der Waals surface area contributed by atoms with Gasteiger partial charge in [-0.3, -0.25) is 4.79 Å². The largest absolute Gasteiger partial charge is 0.465 e. The maximum atomic E-state index is 11.3. The molecule has 1 N–H and O–H groups in total. The number of aromatic nitrogens is 2. The Hall–Kier alpha value is -1.72. The van der Waals surface area contributed by atoms with Crippen LogP contribution in [0.1, 0.15) is 6.92 Å². The van der Waals surface area contributed by atoms with E-state index in [1.807, 2.05) is 0 Å². The van der Waals surface area contributed by atoms with E-state index in [9.17, 15) is 4.79 Å². The van der Waals surface area contributed by atoms with Crippen molar-refractivity contribution in [3.8, 4) is 0 Å². The average molecular weight is 314 g/mol. The van der Waals surface area contributed by atoms with Crippen LogP contribution < -0.4 is 5.32 Å². The van der Waals surface area contributed by atoms with Gasteiger partial charge in [-0.2, -0.15) is 0 Å². The molecular weight excluding hydrogens is 301 g/mol. The first-order valence-corrected chi connectivity index (χ1v) is 6.73. The Kier molecular flexibility index (Phi) is 4.87. The van der Waals surface area contributed by atoms with E-state index in [2.05, 4.69) is 10.3 Å². The first-order valence-electron chi connectivity index (χ1n) is 5.98. The predicted octanol–water partition coefficient (Wildman–Crippen LogP) is 3.50. The Balaban J connectivity index is 2.04. The third kappa shape index (κ3) is 3.88. The summed E-state index contributed by atoms with van der Waals surface area (Å²) >= 11 is 11.9. The number of benzene rings is 1. The third-order valence-electron chi connectivity index (χ3n) is 2.44. The molecule has 2 rings (SSSR count). The lowest BCUT2D eigenvalue weighted by Crippen LogP contribution is -2.11. The molecule has 1 aromatic carbocycles. The minimum atomic E-state index is -0.305. The molecule has 106 valence electrons. The molecule has 1 heterocycles. The summed E-state index contributed by atoms with van der Waals surface area (Å²) < 4.78 is 6.49. The fraction of sp³-hybridized carbons (Fsp3) is 0.231. The van der Waals surface area contributed by atoms with Crippen LogP contribution in [0.5, 0.6) is 0 Å². The van der Waals surface area contributed by atoms with Gasteiger partial charge in [-0.05, 0) is 25.1 Å². The first kappa shape index (κ1) is 14.7. The second-order valence-electron chi connectivity index (χ2n) is 3.99. The molecule has 0 atom stereocenters. The van der Waals surface area contributed by atoms with Gasteiger partial charge in [-0.25, -0.2) is 4.98 Å². The Morgan fingerprint density at radius 3 is 2.95 bits per heavy atom. The maximum Gasteiger partial charge on any atom is 0.325 e. The van der Waals surface area contributed by atoms with Crippen molar-refractivity contribution in [2.45, 2.75) is 13.5 Å².